The zero-order valence-electron chi connectivity index (χ0n) is 16.1. The molecule has 0 aliphatic heterocycles. The molecular formula is C22H26N2O3. The van der Waals surface area contributed by atoms with Crippen molar-refractivity contribution in [2.45, 2.75) is 45.1 Å². The number of rotatable bonds is 8. The van der Waals surface area contributed by atoms with Gasteiger partial charge in [0.2, 0.25) is 6.04 Å². The van der Waals surface area contributed by atoms with Crippen LogP contribution in [0.15, 0.2) is 48.5 Å². The molecule has 0 bridgehead atoms. The SMILES string of the molecule is CCC(C(CCc1ccccc1)c1c(C)[nH]c2ccc(OC)cc12)[N+](=O)[O-]. The van der Waals surface area contributed by atoms with Crippen molar-refractivity contribution in [3.8, 4) is 5.75 Å². The Bertz CT molecular complexity index is 918. The van der Waals surface area contributed by atoms with E-state index in [2.05, 4.69) is 17.1 Å². The third-order valence-corrected chi connectivity index (χ3v) is 5.35. The smallest absolute Gasteiger partial charge is 0.219 e. The number of ether oxygens (including phenoxy) is 1. The number of aromatic nitrogens is 1. The number of benzene rings is 2. The Morgan fingerprint density at radius 2 is 1.93 bits per heavy atom. The molecule has 5 heteroatoms. The van der Waals surface area contributed by atoms with E-state index in [-0.39, 0.29) is 10.8 Å². The standard InChI is InChI=1S/C22H26N2O3/c1-4-21(24(25)26)18(12-10-16-8-6-5-7-9-16)22-15(2)23-20-13-11-17(27-3)14-19(20)22/h5-9,11,13-14,18,21,23H,4,10,12H2,1-3H3. The molecule has 2 aromatic carbocycles. The molecular weight excluding hydrogens is 340 g/mol. The molecule has 0 fully saturated rings. The second-order valence-corrected chi connectivity index (χ2v) is 6.97. The van der Waals surface area contributed by atoms with Crippen LogP contribution in [0.3, 0.4) is 0 Å². The molecule has 0 aliphatic carbocycles. The van der Waals surface area contributed by atoms with Gasteiger partial charge in [0.1, 0.15) is 5.75 Å². The first-order chi connectivity index (χ1) is 13.0. The van der Waals surface area contributed by atoms with Gasteiger partial charge in [-0.25, -0.2) is 0 Å². The Morgan fingerprint density at radius 3 is 2.56 bits per heavy atom. The highest BCUT2D eigenvalue weighted by Crippen LogP contribution is 2.37. The fraction of sp³-hybridized carbons (Fsp3) is 0.364. The second-order valence-electron chi connectivity index (χ2n) is 6.97. The van der Waals surface area contributed by atoms with Crippen molar-refractivity contribution in [1.29, 1.82) is 0 Å². The monoisotopic (exact) mass is 366 g/mol. The van der Waals surface area contributed by atoms with Crippen molar-refractivity contribution >= 4 is 10.9 Å². The van der Waals surface area contributed by atoms with Gasteiger partial charge >= 0.3 is 0 Å². The molecule has 0 aliphatic rings. The predicted octanol–water partition coefficient (Wildman–Crippen LogP) is 5.26. The van der Waals surface area contributed by atoms with Gasteiger partial charge in [-0.05, 0) is 49.1 Å². The molecule has 1 N–H and O–H groups in total. The van der Waals surface area contributed by atoms with E-state index in [0.29, 0.717) is 6.42 Å². The minimum atomic E-state index is -0.613. The molecule has 3 aromatic rings. The van der Waals surface area contributed by atoms with Crippen LogP contribution in [0.4, 0.5) is 0 Å². The molecule has 27 heavy (non-hydrogen) atoms. The first-order valence-electron chi connectivity index (χ1n) is 9.38. The molecule has 0 saturated heterocycles. The van der Waals surface area contributed by atoms with E-state index in [4.69, 9.17) is 4.74 Å². The highest BCUT2D eigenvalue weighted by molar-refractivity contribution is 5.86. The minimum absolute atomic E-state index is 0.117. The van der Waals surface area contributed by atoms with E-state index in [9.17, 15) is 10.1 Å². The van der Waals surface area contributed by atoms with E-state index in [1.807, 2.05) is 50.2 Å². The maximum atomic E-state index is 11.8. The van der Waals surface area contributed by atoms with Crippen LogP contribution in [-0.2, 0) is 6.42 Å². The van der Waals surface area contributed by atoms with Gasteiger partial charge in [0.25, 0.3) is 0 Å². The molecule has 0 amide bonds. The van der Waals surface area contributed by atoms with Crippen LogP contribution in [0, 0.1) is 17.0 Å². The summed E-state index contributed by atoms with van der Waals surface area (Å²) in [6.45, 7) is 3.90. The van der Waals surface area contributed by atoms with Crippen LogP contribution in [0.5, 0.6) is 5.75 Å². The highest BCUT2D eigenvalue weighted by Gasteiger charge is 2.34. The van der Waals surface area contributed by atoms with Gasteiger partial charge in [-0.3, -0.25) is 10.1 Å². The van der Waals surface area contributed by atoms with E-state index in [1.54, 1.807) is 7.11 Å². The Balaban J connectivity index is 2.05. The van der Waals surface area contributed by atoms with Crippen LogP contribution >= 0.6 is 0 Å². The zero-order valence-corrected chi connectivity index (χ0v) is 16.1. The van der Waals surface area contributed by atoms with Gasteiger partial charge in [-0.1, -0.05) is 37.3 Å². The second kappa shape index (κ2) is 8.25. The van der Waals surface area contributed by atoms with E-state index >= 15 is 0 Å². The lowest BCUT2D eigenvalue weighted by Crippen LogP contribution is -2.27. The fourth-order valence-electron chi connectivity index (χ4n) is 4.01. The summed E-state index contributed by atoms with van der Waals surface area (Å²) < 4.78 is 5.38. The molecule has 0 radical (unpaired) electrons. The summed E-state index contributed by atoms with van der Waals surface area (Å²) in [4.78, 5) is 15.1. The van der Waals surface area contributed by atoms with Gasteiger partial charge < -0.3 is 9.72 Å². The molecule has 2 unspecified atom stereocenters. The number of aryl methyl sites for hydroxylation is 2. The maximum absolute atomic E-state index is 11.8. The molecule has 3 rings (SSSR count). The number of fused-ring (bicyclic) bond motifs is 1. The van der Waals surface area contributed by atoms with Crippen LogP contribution < -0.4 is 4.74 Å². The molecule has 0 saturated carbocycles. The average molecular weight is 366 g/mol. The van der Waals surface area contributed by atoms with Crippen LogP contribution in [0.2, 0.25) is 0 Å². The third kappa shape index (κ3) is 3.97. The Morgan fingerprint density at radius 1 is 1.19 bits per heavy atom. The average Bonchev–Trinajstić information content (AvgIpc) is 3.00. The summed E-state index contributed by atoms with van der Waals surface area (Å²) in [5.41, 5.74) is 4.24. The minimum Gasteiger partial charge on any atom is -0.497 e. The summed E-state index contributed by atoms with van der Waals surface area (Å²) in [5, 5.41) is 12.8. The van der Waals surface area contributed by atoms with Gasteiger partial charge in [0, 0.05) is 27.9 Å². The lowest BCUT2D eigenvalue weighted by Gasteiger charge is -2.21. The summed E-state index contributed by atoms with van der Waals surface area (Å²) >= 11 is 0. The third-order valence-electron chi connectivity index (χ3n) is 5.35. The molecule has 1 heterocycles. The van der Waals surface area contributed by atoms with E-state index in [0.717, 1.165) is 40.8 Å². The molecule has 0 spiro atoms. The summed E-state index contributed by atoms with van der Waals surface area (Å²) in [5.74, 6) is 0.602. The van der Waals surface area contributed by atoms with Crippen molar-refractivity contribution in [3.63, 3.8) is 0 Å². The number of aromatic amines is 1. The topological polar surface area (TPSA) is 68.2 Å². The molecule has 1 aromatic heterocycles. The number of nitrogens with zero attached hydrogens (tertiary/aromatic N) is 1. The number of hydrogen-bond donors (Lipinski definition) is 1. The zero-order chi connectivity index (χ0) is 19.4. The summed E-state index contributed by atoms with van der Waals surface area (Å²) in [6, 6.07) is 15.4. The quantitative estimate of drug-likeness (QED) is 0.437. The first-order valence-corrected chi connectivity index (χ1v) is 9.38. The fourth-order valence-corrected chi connectivity index (χ4v) is 4.01. The predicted molar refractivity (Wildman–Crippen MR) is 108 cm³/mol. The van der Waals surface area contributed by atoms with Gasteiger partial charge in [0.05, 0.1) is 13.0 Å². The van der Waals surface area contributed by atoms with E-state index < -0.39 is 6.04 Å². The Kier molecular flexibility index (Phi) is 5.79. The van der Waals surface area contributed by atoms with E-state index in [1.165, 1.54) is 5.56 Å². The lowest BCUT2D eigenvalue weighted by molar-refractivity contribution is -0.527. The molecule has 5 nitrogen and oxygen atoms in total. The number of nitrogens with one attached hydrogen (secondary N) is 1. The summed E-state index contributed by atoms with van der Waals surface area (Å²) in [7, 11) is 1.64. The number of H-pyrrole nitrogens is 1. The highest BCUT2D eigenvalue weighted by atomic mass is 16.6. The number of nitro groups is 1. The molecule has 2 atom stereocenters. The first kappa shape index (κ1) is 19.0. The molecule has 142 valence electrons. The van der Waals surface area contributed by atoms with Crippen LogP contribution in [0.1, 0.15) is 42.5 Å². The Hall–Kier alpha value is -2.82. The van der Waals surface area contributed by atoms with Gasteiger partial charge in [-0.2, -0.15) is 0 Å². The van der Waals surface area contributed by atoms with Crippen LogP contribution in [0.25, 0.3) is 10.9 Å². The Labute approximate surface area is 159 Å². The number of methoxy groups -OCH3 is 1. The largest absolute Gasteiger partial charge is 0.497 e. The number of hydrogen-bond acceptors (Lipinski definition) is 3. The summed E-state index contributed by atoms with van der Waals surface area (Å²) in [6.07, 6.45) is 2.04. The van der Waals surface area contributed by atoms with Crippen molar-refractivity contribution < 1.29 is 9.66 Å². The normalized spacial score (nSPS) is 13.4. The van der Waals surface area contributed by atoms with Crippen molar-refractivity contribution in [2.75, 3.05) is 7.11 Å². The van der Waals surface area contributed by atoms with Crippen molar-refractivity contribution in [1.82, 2.24) is 4.98 Å². The lowest BCUT2D eigenvalue weighted by atomic mass is 9.83. The van der Waals surface area contributed by atoms with Gasteiger partial charge in [-0.15, -0.1) is 0 Å². The maximum Gasteiger partial charge on any atom is 0.219 e. The van der Waals surface area contributed by atoms with Gasteiger partial charge in [0.15, 0.2) is 0 Å². The van der Waals surface area contributed by atoms with Crippen molar-refractivity contribution in [2.24, 2.45) is 0 Å². The van der Waals surface area contributed by atoms with Crippen LogP contribution in [-0.4, -0.2) is 23.1 Å². The van der Waals surface area contributed by atoms with Crippen molar-refractivity contribution in [3.05, 3.63) is 75.5 Å².